The highest BCUT2D eigenvalue weighted by atomic mass is 19.1. The molecule has 1 amide bonds. The molecule has 1 N–H and O–H groups in total. The molecule has 0 saturated carbocycles. The van der Waals surface area contributed by atoms with Gasteiger partial charge in [-0.15, -0.1) is 0 Å². The zero-order valence-electron chi connectivity index (χ0n) is 12.2. The van der Waals surface area contributed by atoms with E-state index in [-0.39, 0.29) is 17.3 Å². The van der Waals surface area contributed by atoms with Crippen molar-refractivity contribution in [3.05, 3.63) is 59.8 Å². The first kappa shape index (κ1) is 14.2. The Morgan fingerprint density at radius 3 is 2.77 bits per heavy atom. The van der Waals surface area contributed by atoms with Gasteiger partial charge in [-0.3, -0.25) is 4.79 Å². The van der Waals surface area contributed by atoms with Crippen molar-refractivity contribution in [2.75, 3.05) is 5.32 Å². The van der Waals surface area contributed by atoms with Crippen LogP contribution in [0.2, 0.25) is 0 Å². The third kappa shape index (κ3) is 2.55. The molecule has 112 valence electrons. The largest absolute Gasteiger partial charge is 0.318 e. The van der Waals surface area contributed by atoms with Gasteiger partial charge in [0.15, 0.2) is 5.65 Å². The van der Waals surface area contributed by atoms with E-state index in [9.17, 15) is 9.18 Å². The van der Waals surface area contributed by atoms with Crippen LogP contribution in [-0.2, 0) is 0 Å². The summed E-state index contributed by atoms with van der Waals surface area (Å²) in [5.74, 6) is -0.758. The molecule has 22 heavy (non-hydrogen) atoms. The molecule has 6 heteroatoms. The van der Waals surface area contributed by atoms with E-state index in [2.05, 4.69) is 15.4 Å². The number of nitrogens with one attached hydrogen (secondary N) is 1. The summed E-state index contributed by atoms with van der Waals surface area (Å²) in [5.41, 5.74) is 1.83. The van der Waals surface area contributed by atoms with Gasteiger partial charge in [0.2, 0.25) is 0 Å². The second-order valence-electron chi connectivity index (χ2n) is 5.26. The predicted octanol–water partition coefficient (Wildman–Crippen LogP) is 3.24. The van der Waals surface area contributed by atoms with Gasteiger partial charge in [0.05, 0.1) is 11.9 Å². The molecule has 2 heterocycles. The standard InChI is InChI=1S/C16H15FN4O/c1-10(2)14-9-13(19-15-7-8-18-21(14)15)16(22)20-12-6-4-3-5-11(12)17/h3-10H,1-2H3,(H,20,22). The summed E-state index contributed by atoms with van der Waals surface area (Å²) in [7, 11) is 0. The molecule has 3 aromatic rings. The van der Waals surface area contributed by atoms with Crippen molar-refractivity contribution in [2.45, 2.75) is 19.8 Å². The van der Waals surface area contributed by atoms with Crippen LogP contribution in [0.3, 0.4) is 0 Å². The highest BCUT2D eigenvalue weighted by Gasteiger charge is 2.15. The SMILES string of the molecule is CC(C)c1cc(C(=O)Nc2ccccc2F)nc2ccnn12. The molecule has 0 radical (unpaired) electrons. The highest BCUT2D eigenvalue weighted by Crippen LogP contribution is 2.18. The van der Waals surface area contributed by atoms with Crippen molar-refractivity contribution in [1.29, 1.82) is 0 Å². The summed E-state index contributed by atoms with van der Waals surface area (Å²) in [6.45, 7) is 4.02. The number of halogens is 1. The van der Waals surface area contributed by atoms with Gasteiger partial charge in [0.1, 0.15) is 11.5 Å². The van der Waals surface area contributed by atoms with E-state index in [4.69, 9.17) is 0 Å². The minimum Gasteiger partial charge on any atom is -0.318 e. The van der Waals surface area contributed by atoms with Gasteiger partial charge in [-0.05, 0) is 24.1 Å². The Hall–Kier alpha value is -2.76. The molecule has 1 aromatic carbocycles. The molecule has 0 spiro atoms. The first-order valence-electron chi connectivity index (χ1n) is 6.97. The molecule has 0 atom stereocenters. The molecule has 0 aliphatic carbocycles. The van der Waals surface area contributed by atoms with Gasteiger partial charge >= 0.3 is 0 Å². The van der Waals surface area contributed by atoms with Crippen molar-refractivity contribution in [2.24, 2.45) is 0 Å². The summed E-state index contributed by atoms with van der Waals surface area (Å²) in [5, 5.41) is 6.74. The van der Waals surface area contributed by atoms with E-state index in [1.165, 1.54) is 12.1 Å². The minimum atomic E-state index is -0.481. The maximum Gasteiger partial charge on any atom is 0.274 e. The number of anilines is 1. The molecule has 5 nitrogen and oxygen atoms in total. The van der Waals surface area contributed by atoms with Gasteiger partial charge < -0.3 is 5.32 Å². The predicted molar refractivity (Wildman–Crippen MR) is 81.4 cm³/mol. The second kappa shape index (κ2) is 5.55. The average molecular weight is 298 g/mol. The molecular weight excluding hydrogens is 283 g/mol. The Kier molecular flexibility index (Phi) is 3.58. The van der Waals surface area contributed by atoms with Crippen molar-refractivity contribution in [3.8, 4) is 0 Å². The lowest BCUT2D eigenvalue weighted by Crippen LogP contribution is -2.17. The number of benzene rings is 1. The van der Waals surface area contributed by atoms with Crippen molar-refractivity contribution >= 4 is 17.2 Å². The molecule has 0 bridgehead atoms. The van der Waals surface area contributed by atoms with Crippen LogP contribution in [0.4, 0.5) is 10.1 Å². The van der Waals surface area contributed by atoms with Crippen LogP contribution < -0.4 is 5.32 Å². The number of nitrogens with zero attached hydrogens (tertiary/aromatic N) is 3. The van der Waals surface area contributed by atoms with E-state index in [0.29, 0.717) is 5.65 Å². The first-order valence-corrected chi connectivity index (χ1v) is 6.97. The van der Waals surface area contributed by atoms with Crippen molar-refractivity contribution in [1.82, 2.24) is 14.6 Å². The molecule has 0 saturated heterocycles. The average Bonchev–Trinajstić information content (AvgIpc) is 2.96. The third-order valence-corrected chi connectivity index (χ3v) is 3.33. The van der Waals surface area contributed by atoms with E-state index in [1.807, 2.05) is 13.8 Å². The quantitative estimate of drug-likeness (QED) is 0.807. The van der Waals surface area contributed by atoms with E-state index in [0.717, 1.165) is 5.69 Å². The Bertz CT molecular complexity index is 841. The first-order chi connectivity index (χ1) is 10.6. The monoisotopic (exact) mass is 298 g/mol. The second-order valence-corrected chi connectivity index (χ2v) is 5.26. The zero-order chi connectivity index (χ0) is 15.7. The normalized spacial score (nSPS) is 11.1. The number of amides is 1. The summed E-state index contributed by atoms with van der Waals surface area (Å²) in [6.07, 6.45) is 1.63. The van der Waals surface area contributed by atoms with E-state index < -0.39 is 11.7 Å². The third-order valence-electron chi connectivity index (χ3n) is 3.33. The summed E-state index contributed by atoms with van der Waals surface area (Å²) < 4.78 is 15.3. The lowest BCUT2D eigenvalue weighted by Gasteiger charge is -2.11. The number of fused-ring (bicyclic) bond motifs is 1. The number of para-hydroxylation sites is 1. The topological polar surface area (TPSA) is 59.3 Å². The number of aromatic nitrogens is 3. The molecule has 0 aliphatic heterocycles. The Morgan fingerprint density at radius 2 is 2.05 bits per heavy atom. The summed E-state index contributed by atoms with van der Waals surface area (Å²) in [4.78, 5) is 16.6. The molecule has 3 rings (SSSR count). The molecule has 0 fully saturated rings. The number of hydrogen-bond donors (Lipinski definition) is 1. The minimum absolute atomic E-state index is 0.133. The van der Waals surface area contributed by atoms with Crippen LogP contribution in [-0.4, -0.2) is 20.5 Å². The maximum atomic E-state index is 13.6. The van der Waals surface area contributed by atoms with Crippen LogP contribution in [0.1, 0.15) is 35.9 Å². The van der Waals surface area contributed by atoms with Gasteiger partial charge in [0.25, 0.3) is 5.91 Å². The number of rotatable bonds is 3. The van der Waals surface area contributed by atoms with Gasteiger partial charge in [0, 0.05) is 11.8 Å². The molecule has 2 aromatic heterocycles. The Morgan fingerprint density at radius 1 is 1.27 bits per heavy atom. The van der Waals surface area contributed by atoms with Crippen LogP contribution in [0.25, 0.3) is 5.65 Å². The lowest BCUT2D eigenvalue weighted by molar-refractivity contribution is 0.102. The smallest absolute Gasteiger partial charge is 0.274 e. The molecule has 0 unspecified atom stereocenters. The van der Waals surface area contributed by atoms with Crippen LogP contribution in [0, 0.1) is 5.82 Å². The zero-order valence-corrected chi connectivity index (χ0v) is 12.2. The van der Waals surface area contributed by atoms with Gasteiger partial charge in [-0.2, -0.15) is 5.10 Å². The highest BCUT2D eigenvalue weighted by molar-refractivity contribution is 6.03. The lowest BCUT2D eigenvalue weighted by atomic mass is 10.1. The number of hydrogen-bond acceptors (Lipinski definition) is 3. The van der Waals surface area contributed by atoms with Crippen LogP contribution in [0.5, 0.6) is 0 Å². The van der Waals surface area contributed by atoms with Crippen molar-refractivity contribution < 1.29 is 9.18 Å². The fourth-order valence-corrected chi connectivity index (χ4v) is 2.21. The number of carbonyl (C=O) groups excluding carboxylic acids is 1. The maximum absolute atomic E-state index is 13.6. The van der Waals surface area contributed by atoms with Crippen molar-refractivity contribution in [3.63, 3.8) is 0 Å². The van der Waals surface area contributed by atoms with E-state index >= 15 is 0 Å². The van der Waals surface area contributed by atoms with Gasteiger partial charge in [-0.25, -0.2) is 13.9 Å². The fraction of sp³-hybridized carbons (Fsp3) is 0.188. The Labute approximate surface area is 126 Å². The summed E-state index contributed by atoms with van der Waals surface area (Å²) >= 11 is 0. The van der Waals surface area contributed by atoms with E-state index in [1.54, 1.807) is 35.0 Å². The Balaban J connectivity index is 1.99. The van der Waals surface area contributed by atoms with Crippen LogP contribution >= 0.6 is 0 Å². The summed E-state index contributed by atoms with van der Waals surface area (Å²) in [6, 6.07) is 9.44. The molecular formula is C16H15FN4O. The van der Waals surface area contributed by atoms with Crippen LogP contribution in [0.15, 0.2) is 42.6 Å². The fourth-order valence-electron chi connectivity index (χ4n) is 2.21. The van der Waals surface area contributed by atoms with Gasteiger partial charge in [-0.1, -0.05) is 26.0 Å². The molecule has 0 aliphatic rings. The number of carbonyl (C=O) groups is 1.